The monoisotopic (exact) mass is 1430 g/mol. The Labute approximate surface area is 607 Å². The summed E-state index contributed by atoms with van der Waals surface area (Å²) in [5.74, 6) is -1.17. The number of carbonyl (C=O) groups excluding carboxylic acids is 12. The summed E-state index contributed by atoms with van der Waals surface area (Å²) < 4.78 is 15.8. The van der Waals surface area contributed by atoms with Crippen molar-refractivity contribution in [3.63, 3.8) is 0 Å². The molecule has 24 heteroatoms. The minimum atomic E-state index is -0.858. The van der Waals surface area contributed by atoms with Gasteiger partial charge in [-0.05, 0) is 128 Å². The van der Waals surface area contributed by atoms with Crippen molar-refractivity contribution in [2.45, 2.75) is 257 Å². The number of nitrogens with one attached hydrogen (secondary N) is 9. The van der Waals surface area contributed by atoms with Gasteiger partial charge in [0.1, 0.15) is 74.9 Å². The first-order valence-electron chi connectivity index (χ1n) is 36.1. The van der Waals surface area contributed by atoms with E-state index < -0.39 is 108 Å². The number of hydrogen-bond acceptors (Lipinski definition) is 15. The van der Waals surface area contributed by atoms with Gasteiger partial charge in [-0.1, -0.05) is 216 Å². The summed E-state index contributed by atoms with van der Waals surface area (Å²) in [7, 11) is 0. The van der Waals surface area contributed by atoms with Gasteiger partial charge in [0, 0.05) is 0 Å². The van der Waals surface area contributed by atoms with Crippen LogP contribution in [-0.2, 0) is 77.2 Å². The first kappa shape index (κ1) is 91.3. The molecule has 0 fully saturated rings. The molecule has 0 heterocycles. The number of amides is 9. The molecule has 0 spiro atoms. The zero-order chi connectivity index (χ0) is 77.0. The highest BCUT2D eigenvalue weighted by Gasteiger charge is 2.33. The second-order valence-corrected chi connectivity index (χ2v) is 29.9. The lowest BCUT2D eigenvalue weighted by Gasteiger charge is -2.26. The van der Waals surface area contributed by atoms with Crippen LogP contribution in [0.5, 0.6) is 0 Å². The molecule has 3 aromatic carbocycles. The molecule has 3 rings (SSSR count). The van der Waals surface area contributed by atoms with Gasteiger partial charge in [0.25, 0.3) is 0 Å². The van der Waals surface area contributed by atoms with Crippen molar-refractivity contribution in [3.8, 4) is 0 Å². The fourth-order valence-electron chi connectivity index (χ4n) is 10.6. The standard InChI is InChI=1S/3C26H41N3O5/c3*1-17(2)12-21(15-30)27-24(31)22(13-18(3)4)28-25(32)23(14-19(5)6)29-26(33)34-16-20-10-8-7-9-11-20/h3*7-11,15,17-19,21-23H,12-14,16H2,1-6H3,(H,27,31)(H,28,32)(H,29,33)/t3*21-,22-,23-/m000/s1. The van der Waals surface area contributed by atoms with E-state index in [2.05, 4.69) is 47.9 Å². The molecule has 3 aromatic rings. The normalized spacial score (nSPS) is 13.8. The van der Waals surface area contributed by atoms with Gasteiger partial charge in [-0.2, -0.15) is 0 Å². The number of alkyl carbamates (subject to hydrolysis) is 3. The third-order valence-electron chi connectivity index (χ3n) is 15.3. The molecule has 9 atom stereocenters. The van der Waals surface area contributed by atoms with Crippen LogP contribution in [0.4, 0.5) is 14.4 Å². The summed E-state index contributed by atoms with van der Waals surface area (Å²) in [4.78, 5) is 149. The van der Waals surface area contributed by atoms with Crippen molar-refractivity contribution in [2.75, 3.05) is 0 Å². The first-order chi connectivity index (χ1) is 48.0. The number of ether oxygens (including phenoxy) is 3. The minimum absolute atomic E-state index is 0.0873. The van der Waals surface area contributed by atoms with Crippen LogP contribution in [0.25, 0.3) is 0 Å². The van der Waals surface area contributed by atoms with Gasteiger partial charge < -0.3 is 76.4 Å². The lowest BCUT2D eigenvalue weighted by atomic mass is 9.99. The first-order valence-corrected chi connectivity index (χ1v) is 36.1. The Bertz CT molecular complexity index is 2650. The maximum absolute atomic E-state index is 13.1. The Morgan fingerprint density at radius 2 is 0.422 bits per heavy atom. The molecule has 0 unspecified atom stereocenters. The van der Waals surface area contributed by atoms with Crippen LogP contribution in [0.2, 0.25) is 0 Å². The van der Waals surface area contributed by atoms with Crippen LogP contribution in [0, 0.1) is 53.3 Å². The minimum Gasteiger partial charge on any atom is -0.445 e. The van der Waals surface area contributed by atoms with Crippen LogP contribution in [0.15, 0.2) is 91.0 Å². The second kappa shape index (κ2) is 50.6. The molecule has 9 amide bonds. The van der Waals surface area contributed by atoms with Gasteiger partial charge >= 0.3 is 18.3 Å². The molecule has 0 saturated carbocycles. The quantitative estimate of drug-likeness (QED) is 0.0188. The summed E-state index contributed by atoms with van der Waals surface area (Å²) in [6.07, 6.45) is 3.95. The summed E-state index contributed by atoms with van der Waals surface area (Å²) in [5, 5.41) is 24.4. The van der Waals surface area contributed by atoms with E-state index in [1.54, 1.807) is 0 Å². The van der Waals surface area contributed by atoms with Gasteiger partial charge in [-0.25, -0.2) is 14.4 Å². The van der Waals surface area contributed by atoms with E-state index in [9.17, 15) is 57.5 Å². The molecule has 0 aromatic heterocycles. The van der Waals surface area contributed by atoms with Crippen LogP contribution < -0.4 is 47.9 Å². The SMILES string of the molecule is CC(C)C[C@@H](C=O)NC(=O)[C@H](CC(C)C)NC(=O)[C@H](CC(C)C)NC(=O)OCc1ccccc1.CC(C)C[C@@H](C=O)NC(=O)[C@H](CC(C)C)NC(=O)[C@H](CC(C)C)NC(=O)OCc1ccccc1.CC(C)C[C@@H](C=O)NC(=O)[C@H](CC(C)C)NC(=O)[C@H](CC(C)C)NC(=O)OCc1ccccc1. The average Bonchev–Trinajstić information content (AvgIpc) is 0.884. The lowest BCUT2D eigenvalue weighted by Crippen LogP contribution is -2.55. The predicted octanol–water partition coefficient (Wildman–Crippen LogP) is 10.8. The van der Waals surface area contributed by atoms with Crippen LogP contribution in [0.3, 0.4) is 0 Å². The van der Waals surface area contributed by atoms with E-state index in [1.165, 1.54) is 0 Å². The Balaban J connectivity index is 0.000000765. The number of benzene rings is 3. The maximum Gasteiger partial charge on any atom is 0.408 e. The largest absolute Gasteiger partial charge is 0.445 e. The molecule has 9 N–H and O–H groups in total. The molecule has 24 nitrogen and oxygen atoms in total. The summed E-state index contributed by atoms with van der Waals surface area (Å²) in [6.45, 7) is 35.4. The van der Waals surface area contributed by atoms with Crippen LogP contribution >= 0.6 is 0 Å². The Morgan fingerprint density at radius 3 is 0.588 bits per heavy atom. The van der Waals surface area contributed by atoms with Gasteiger partial charge in [-0.3, -0.25) is 28.8 Å². The molecule has 0 bridgehead atoms. The topological polar surface area (TPSA) is 341 Å². The van der Waals surface area contributed by atoms with Crippen molar-refractivity contribution in [2.24, 2.45) is 53.3 Å². The zero-order valence-electron chi connectivity index (χ0n) is 63.9. The molecule has 570 valence electrons. The summed E-state index contributed by atoms with van der Waals surface area (Å²) >= 11 is 0. The van der Waals surface area contributed by atoms with Gasteiger partial charge in [-0.15, -0.1) is 0 Å². The van der Waals surface area contributed by atoms with E-state index in [0.29, 0.717) is 57.8 Å². The van der Waals surface area contributed by atoms with E-state index in [-0.39, 0.29) is 73.1 Å². The molecular weight excluding hydrogens is 1300 g/mol. The Morgan fingerprint density at radius 1 is 0.255 bits per heavy atom. The number of rotatable bonds is 42. The van der Waals surface area contributed by atoms with E-state index >= 15 is 0 Å². The molecule has 102 heavy (non-hydrogen) atoms. The highest BCUT2D eigenvalue weighted by atomic mass is 16.6. The van der Waals surface area contributed by atoms with Crippen molar-refractivity contribution in [1.29, 1.82) is 0 Å². The van der Waals surface area contributed by atoms with E-state index in [4.69, 9.17) is 14.2 Å². The Hall–Kier alpha value is -8.70. The van der Waals surface area contributed by atoms with E-state index in [1.807, 2.05) is 216 Å². The van der Waals surface area contributed by atoms with Gasteiger partial charge in [0.15, 0.2) is 0 Å². The highest BCUT2D eigenvalue weighted by molar-refractivity contribution is 5.94. The van der Waals surface area contributed by atoms with Crippen LogP contribution in [0.1, 0.15) is 199 Å². The fraction of sp³-hybridized carbons (Fsp3) is 0.615. The molecular formula is C78H123N9O15. The van der Waals surface area contributed by atoms with Crippen molar-refractivity contribution < 1.29 is 71.7 Å². The number of aldehydes is 3. The number of hydrogen-bond donors (Lipinski definition) is 9. The van der Waals surface area contributed by atoms with Crippen molar-refractivity contribution in [3.05, 3.63) is 108 Å². The zero-order valence-corrected chi connectivity index (χ0v) is 63.9. The Kier molecular flexibility index (Phi) is 45.3. The molecule has 0 saturated heterocycles. The van der Waals surface area contributed by atoms with Crippen molar-refractivity contribution >= 4 is 72.6 Å². The molecule has 0 aliphatic heterocycles. The van der Waals surface area contributed by atoms with Gasteiger partial charge in [0.2, 0.25) is 35.4 Å². The van der Waals surface area contributed by atoms with Crippen molar-refractivity contribution in [1.82, 2.24) is 47.9 Å². The fourth-order valence-corrected chi connectivity index (χ4v) is 10.6. The van der Waals surface area contributed by atoms with E-state index in [0.717, 1.165) is 35.5 Å². The second-order valence-electron chi connectivity index (χ2n) is 29.9. The third kappa shape index (κ3) is 42.5. The molecule has 0 aliphatic carbocycles. The van der Waals surface area contributed by atoms with Crippen LogP contribution in [-0.4, -0.2) is 127 Å². The van der Waals surface area contributed by atoms with Gasteiger partial charge in [0.05, 0.1) is 18.1 Å². The predicted molar refractivity (Wildman–Crippen MR) is 396 cm³/mol. The number of carbonyl (C=O) groups is 12. The molecule has 0 aliphatic rings. The average molecular weight is 1430 g/mol. The third-order valence-corrected chi connectivity index (χ3v) is 15.3. The summed E-state index contributed by atoms with van der Waals surface area (Å²) in [5.41, 5.74) is 2.51. The smallest absolute Gasteiger partial charge is 0.408 e. The maximum atomic E-state index is 13.1. The molecule has 0 radical (unpaired) electrons. The summed E-state index contributed by atoms with van der Waals surface area (Å²) in [6, 6.07) is 20.9. The lowest BCUT2D eigenvalue weighted by molar-refractivity contribution is -0.131. The highest BCUT2D eigenvalue weighted by Crippen LogP contribution is 2.16.